The Bertz CT molecular complexity index is 1560. The fourth-order valence-electron chi connectivity index (χ4n) is 6.43. The highest BCUT2D eigenvalue weighted by atomic mass is 32.2. The van der Waals surface area contributed by atoms with Crippen LogP contribution in [-0.2, 0) is 30.7 Å². The van der Waals surface area contributed by atoms with Crippen molar-refractivity contribution >= 4 is 22.1 Å². The third-order valence-electron chi connectivity index (χ3n) is 9.25. The van der Waals surface area contributed by atoms with Crippen LogP contribution in [0.3, 0.4) is 0 Å². The van der Waals surface area contributed by atoms with Gasteiger partial charge in [-0.2, -0.15) is 4.31 Å². The minimum Gasteiger partial charge on any atom is -0.454 e. The van der Waals surface area contributed by atoms with E-state index in [1.165, 1.54) is 21.3 Å². The molecule has 2 fully saturated rings. The Morgan fingerprint density at radius 3 is 2.58 bits per heavy atom. The number of carbonyl (C=O) groups excluding carboxylic acids is 2. The molecule has 0 aromatic heterocycles. The zero-order chi connectivity index (χ0) is 35.9. The lowest BCUT2D eigenvalue weighted by Gasteiger charge is -2.35. The standard InChI is InChI=1S/C35H50N4O10S/c1-35(2,15-8-9-16-36-33(41)38(3)4)22-39(50(43,44)25-12-13-29-30(19-25)48-23-47-29)20-28(40)27(18-24-10-6-5-7-11-24)37-34(42)49-31-21-46-32-26(31)14-17-45-32/h5-7,10-13,19,26-28,31-32,40H,8-9,14-18,20-23H2,1-4H3,(H,36,41)(H,37,42)/t26-,27-,28+,31-,32+/m0/s1. The fourth-order valence-corrected chi connectivity index (χ4v) is 8.09. The summed E-state index contributed by atoms with van der Waals surface area (Å²) in [7, 11) is -0.818. The van der Waals surface area contributed by atoms with Crippen molar-refractivity contribution in [3.05, 3.63) is 54.1 Å². The molecule has 0 spiro atoms. The molecule has 276 valence electrons. The highest BCUT2D eigenvalue weighted by Crippen LogP contribution is 2.36. The molecule has 3 heterocycles. The second-order valence-corrected chi connectivity index (χ2v) is 16.0. The predicted molar refractivity (Wildman–Crippen MR) is 183 cm³/mol. The molecular weight excluding hydrogens is 668 g/mol. The average molecular weight is 719 g/mol. The molecule has 5 rings (SSSR count). The molecule has 2 saturated heterocycles. The average Bonchev–Trinajstić information content (AvgIpc) is 3.83. The van der Waals surface area contributed by atoms with Crippen molar-refractivity contribution in [1.29, 1.82) is 0 Å². The van der Waals surface area contributed by atoms with Crippen LogP contribution in [0.1, 0.15) is 45.1 Å². The zero-order valence-electron chi connectivity index (χ0n) is 29.2. The van der Waals surface area contributed by atoms with Crippen LogP contribution in [0.15, 0.2) is 53.4 Å². The summed E-state index contributed by atoms with van der Waals surface area (Å²) >= 11 is 0. The topological polar surface area (TPSA) is 165 Å². The first kappa shape index (κ1) is 37.6. The van der Waals surface area contributed by atoms with Crippen molar-refractivity contribution in [2.75, 3.05) is 53.7 Å². The number of nitrogens with zero attached hydrogens (tertiary/aromatic N) is 2. The summed E-state index contributed by atoms with van der Waals surface area (Å²) in [6.45, 7) is 4.96. The van der Waals surface area contributed by atoms with Gasteiger partial charge in [0.05, 0.1) is 36.2 Å². The van der Waals surface area contributed by atoms with Gasteiger partial charge in [0.15, 0.2) is 17.8 Å². The Morgan fingerprint density at radius 2 is 1.82 bits per heavy atom. The van der Waals surface area contributed by atoms with E-state index in [2.05, 4.69) is 10.6 Å². The van der Waals surface area contributed by atoms with Gasteiger partial charge in [0.2, 0.25) is 16.8 Å². The summed E-state index contributed by atoms with van der Waals surface area (Å²) in [6.07, 6.45) is 0.129. The maximum absolute atomic E-state index is 14.3. The SMILES string of the molecule is CN(C)C(=O)NCCCCC(C)(C)CN(C[C@@H](O)[C@H](Cc1ccccc1)NC(=O)O[C@H]1CO[C@H]2OCC[C@H]21)S(=O)(=O)c1ccc2c(c1)OCO2. The van der Waals surface area contributed by atoms with Gasteiger partial charge in [0, 0.05) is 39.8 Å². The van der Waals surface area contributed by atoms with Crippen molar-refractivity contribution in [3.8, 4) is 11.5 Å². The maximum atomic E-state index is 14.3. The number of unbranched alkanes of at least 4 members (excludes halogenated alkanes) is 1. The van der Waals surface area contributed by atoms with E-state index in [1.807, 2.05) is 44.2 Å². The van der Waals surface area contributed by atoms with Gasteiger partial charge in [-0.3, -0.25) is 0 Å². The maximum Gasteiger partial charge on any atom is 0.407 e. The van der Waals surface area contributed by atoms with Crippen molar-refractivity contribution in [3.63, 3.8) is 0 Å². The van der Waals surface area contributed by atoms with Gasteiger partial charge >= 0.3 is 12.1 Å². The molecule has 3 N–H and O–H groups in total. The highest BCUT2D eigenvalue weighted by molar-refractivity contribution is 7.89. The van der Waals surface area contributed by atoms with Gasteiger partial charge in [-0.15, -0.1) is 0 Å². The number of aliphatic hydroxyl groups excluding tert-OH is 1. The first-order valence-electron chi connectivity index (χ1n) is 17.1. The van der Waals surface area contributed by atoms with Gasteiger partial charge in [0.1, 0.15) is 6.10 Å². The van der Waals surface area contributed by atoms with Crippen LogP contribution in [-0.4, -0.2) is 113 Å². The number of sulfonamides is 1. The van der Waals surface area contributed by atoms with Crippen molar-refractivity contribution in [1.82, 2.24) is 19.8 Å². The number of alkyl carbamates (subject to hydrolysis) is 1. The van der Waals surface area contributed by atoms with Crippen LogP contribution in [0, 0.1) is 11.3 Å². The summed E-state index contributed by atoms with van der Waals surface area (Å²) in [5.74, 6) is 0.709. The number of fused-ring (bicyclic) bond motifs is 2. The number of hydrogen-bond acceptors (Lipinski definition) is 10. The second kappa shape index (κ2) is 16.6. The van der Waals surface area contributed by atoms with Crippen LogP contribution in [0.5, 0.6) is 11.5 Å². The van der Waals surface area contributed by atoms with Crippen molar-refractivity contribution in [2.45, 2.75) is 75.4 Å². The molecule has 0 aliphatic carbocycles. The summed E-state index contributed by atoms with van der Waals surface area (Å²) < 4.78 is 57.7. The van der Waals surface area contributed by atoms with E-state index >= 15 is 0 Å². The summed E-state index contributed by atoms with van der Waals surface area (Å²) in [5.41, 5.74) is 0.329. The van der Waals surface area contributed by atoms with E-state index < -0.39 is 46.1 Å². The van der Waals surface area contributed by atoms with E-state index in [4.69, 9.17) is 23.7 Å². The number of benzene rings is 2. The van der Waals surface area contributed by atoms with Gasteiger partial charge in [-0.25, -0.2) is 18.0 Å². The normalized spacial score (nSPS) is 21.0. The summed E-state index contributed by atoms with van der Waals surface area (Å²) in [5, 5.41) is 17.5. The van der Waals surface area contributed by atoms with Crippen molar-refractivity contribution in [2.24, 2.45) is 11.3 Å². The number of rotatable bonds is 16. The molecule has 3 amide bonds. The summed E-state index contributed by atoms with van der Waals surface area (Å²) in [4.78, 5) is 26.6. The number of aliphatic hydroxyl groups is 1. The van der Waals surface area contributed by atoms with Gasteiger partial charge in [0.25, 0.3) is 0 Å². The zero-order valence-corrected chi connectivity index (χ0v) is 30.0. The lowest BCUT2D eigenvalue weighted by molar-refractivity contribution is -0.0907. The molecule has 0 radical (unpaired) electrons. The molecule has 2 aromatic rings. The Hall–Kier alpha value is -3.63. The van der Waals surface area contributed by atoms with E-state index in [0.29, 0.717) is 43.9 Å². The molecule has 3 aliphatic heterocycles. The van der Waals surface area contributed by atoms with Crippen LogP contribution >= 0.6 is 0 Å². The van der Waals surface area contributed by atoms with E-state index in [9.17, 15) is 23.1 Å². The predicted octanol–water partition coefficient (Wildman–Crippen LogP) is 3.33. The molecule has 0 bridgehead atoms. The number of hydrogen-bond donors (Lipinski definition) is 3. The van der Waals surface area contributed by atoms with E-state index in [1.54, 1.807) is 20.2 Å². The number of urea groups is 1. The van der Waals surface area contributed by atoms with Gasteiger partial charge in [-0.1, -0.05) is 50.6 Å². The molecular formula is C35H50N4O10S. The summed E-state index contributed by atoms with van der Waals surface area (Å²) in [6, 6.07) is 12.7. The van der Waals surface area contributed by atoms with Crippen LogP contribution in [0.25, 0.3) is 0 Å². The Kier molecular flexibility index (Phi) is 12.5. The first-order chi connectivity index (χ1) is 23.8. The molecule has 5 atom stereocenters. The largest absolute Gasteiger partial charge is 0.454 e. The van der Waals surface area contributed by atoms with E-state index in [0.717, 1.165) is 12.0 Å². The third-order valence-corrected chi connectivity index (χ3v) is 11.1. The fraction of sp³-hybridized carbons (Fsp3) is 0.600. The number of nitrogens with one attached hydrogen (secondary N) is 2. The van der Waals surface area contributed by atoms with E-state index in [-0.39, 0.29) is 49.8 Å². The number of carbonyl (C=O) groups is 2. The quantitative estimate of drug-likeness (QED) is 0.219. The molecule has 50 heavy (non-hydrogen) atoms. The van der Waals surface area contributed by atoms with Crippen LogP contribution < -0.4 is 20.1 Å². The lowest BCUT2D eigenvalue weighted by atomic mass is 9.87. The number of ether oxygens (including phenoxy) is 5. The minimum atomic E-state index is -4.17. The minimum absolute atomic E-state index is 0.00213. The highest BCUT2D eigenvalue weighted by Gasteiger charge is 2.44. The van der Waals surface area contributed by atoms with Crippen LogP contribution in [0.2, 0.25) is 0 Å². The monoisotopic (exact) mass is 718 g/mol. The molecule has 0 unspecified atom stereocenters. The molecule has 15 heteroatoms. The first-order valence-corrected chi connectivity index (χ1v) is 18.5. The second-order valence-electron chi connectivity index (χ2n) is 14.0. The Morgan fingerprint density at radius 1 is 1.06 bits per heavy atom. The van der Waals surface area contributed by atoms with Gasteiger partial charge < -0.3 is 44.3 Å². The lowest BCUT2D eigenvalue weighted by Crippen LogP contribution is -2.52. The third kappa shape index (κ3) is 9.78. The van der Waals surface area contributed by atoms with Crippen LogP contribution in [0.4, 0.5) is 9.59 Å². The molecule has 14 nitrogen and oxygen atoms in total. The Labute approximate surface area is 294 Å². The molecule has 0 saturated carbocycles. The molecule has 2 aromatic carbocycles. The van der Waals surface area contributed by atoms with Gasteiger partial charge in [-0.05, 0) is 48.8 Å². The Balaban J connectivity index is 1.33. The smallest absolute Gasteiger partial charge is 0.407 e. The number of amides is 3. The molecule has 3 aliphatic rings. The van der Waals surface area contributed by atoms with Crippen molar-refractivity contribution < 1.29 is 46.8 Å².